The van der Waals surface area contributed by atoms with Crippen LogP contribution in [-0.2, 0) is 9.59 Å². The summed E-state index contributed by atoms with van der Waals surface area (Å²) in [5.74, 6) is 0.0341. The zero-order chi connectivity index (χ0) is 11.1. The molecule has 15 heavy (non-hydrogen) atoms. The number of amides is 2. The van der Waals surface area contributed by atoms with Crippen LogP contribution in [0.5, 0.6) is 0 Å². The van der Waals surface area contributed by atoms with E-state index >= 15 is 0 Å². The number of rotatable bonds is 1. The highest BCUT2D eigenvalue weighted by atomic mass is 16.2. The predicted molar refractivity (Wildman–Crippen MR) is 56.1 cm³/mol. The average molecular weight is 210 g/mol. The summed E-state index contributed by atoms with van der Waals surface area (Å²) < 4.78 is 0. The molecule has 1 aliphatic carbocycles. The predicted octanol–water partition coefficient (Wildman–Crippen LogP) is 0.523. The third-order valence-corrected chi connectivity index (χ3v) is 3.65. The van der Waals surface area contributed by atoms with Gasteiger partial charge in [-0.1, -0.05) is 20.3 Å². The number of hydrogen-bond acceptors (Lipinski definition) is 2. The van der Waals surface area contributed by atoms with Crippen LogP contribution in [0.15, 0.2) is 0 Å². The van der Waals surface area contributed by atoms with Crippen molar-refractivity contribution < 1.29 is 9.59 Å². The molecule has 1 N–H and O–H groups in total. The smallest absolute Gasteiger partial charge is 0.242 e. The summed E-state index contributed by atoms with van der Waals surface area (Å²) in [6, 6.07) is 0.246. The maximum atomic E-state index is 11.7. The van der Waals surface area contributed by atoms with Crippen LogP contribution < -0.4 is 5.32 Å². The van der Waals surface area contributed by atoms with Crippen LogP contribution in [0.2, 0.25) is 0 Å². The van der Waals surface area contributed by atoms with Gasteiger partial charge in [-0.15, -0.1) is 0 Å². The van der Waals surface area contributed by atoms with Crippen LogP contribution in [-0.4, -0.2) is 35.8 Å². The van der Waals surface area contributed by atoms with E-state index in [1.54, 1.807) is 4.90 Å². The number of piperazine rings is 1. The second-order valence-electron chi connectivity index (χ2n) is 5.19. The van der Waals surface area contributed by atoms with Gasteiger partial charge in [0.2, 0.25) is 11.8 Å². The van der Waals surface area contributed by atoms with E-state index in [1.165, 1.54) is 0 Å². The summed E-state index contributed by atoms with van der Waals surface area (Å²) in [5, 5.41) is 2.58. The molecule has 4 heteroatoms. The van der Waals surface area contributed by atoms with Crippen molar-refractivity contribution in [1.29, 1.82) is 0 Å². The standard InChI is InChI=1S/C11H18N2O2/c1-11(2)5-3-4-8(11)13-7-9(14)12-6-10(13)15/h8H,3-7H2,1-2H3,(H,12,14). The van der Waals surface area contributed by atoms with E-state index in [1.807, 2.05) is 0 Å². The fourth-order valence-corrected chi connectivity index (χ4v) is 2.74. The van der Waals surface area contributed by atoms with E-state index in [-0.39, 0.29) is 36.4 Å². The van der Waals surface area contributed by atoms with Gasteiger partial charge in [-0.05, 0) is 18.3 Å². The van der Waals surface area contributed by atoms with E-state index in [2.05, 4.69) is 19.2 Å². The van der Waals surface area contributed by atoms with Crippen molar-refractivity contribution >= 4 is 11.8 Å². The van der Waals surface area contributed by atoms with Crippen molar-refractivity contribution in [3.05, 3.63) is 0 Å². The SMILES string of the molecule is CC1(C)CCCC1N1CC(=O)NCC1=O. The normalized spacial score (nSPS) is 30.5. The van der Waals surface area contributed by atoms with Gasteiger partial charge >= 0.3 is 0 Å². The second-order valence-corrected chi connectivity index (χ2v) is 5.19. The Bertz CT molecular complexity index is 299. The molecular formula is C11H18N2O2. The van der Waals surface area contributed by atoms with Gasteiger partial charge in [0.05, 0.1) is 13.1 Å². The van der Waals surface area contributed by atoms with E-state index in [0.717, 1.165) is 19.3 Å². The van der Waals surface area contributed by atoms with E-state index < -0.39 is 0 Å². The summed E-state index contributed by atoms with van der Waals surface area (Å²) >= 11 is 0. The van der Waals surface area contributed by atoms with Crippen LogP contribution in [0, 0.1) is 5.41 Å². The van der Waals surface area contributed by atoms with E-state index in [9.17, 15) is 9.59 Å². The number of carbonyl (C=O) groups excluding carboxylic acids is 2. The first-order chi connectivity index (χ1) is 7.00. The molecule has 0 radical (unpaired) electrons. The summed E-state index contributed by atoms with van der Waals surface area (Å²) in [7, 11) is 0. The summed E-state index contributed by atoms with van der Waals surface area (Å²) in [4.78, 5) is 24.8. The third kappa shape index (κ3) is 1.85. The van der Waals surface area contributed by atoms with Crippen LogP contribution in [0.4, 0.5) is 0 Å². The monoisotopic (exact) mass is 210 g/mol. The molecule has 2 rings (SSSR count). The zero-order valence-corrected chi connectivity index (χ0v) is 9.38. The molecule has 1 aliphatic heterocycles. The van der Waals surface area contributed by atoms with Gasteiger partial charge in [-0.3, -0.25) is 9.59 Å². The molecule has 1 saturated carbocycles. The van der Waals surface area contributed by atoms with Gasteiger partial charge < -0.3 is 10.2 Å². The molecule has 0 aromatic rings. The largest absolute Gasteiger partial charge is 0.345 e. The lowest BCUT2D eigenvalue weighted by Crippen LogP contribution is -2.57. The minimum atomic E-state index is -0.0303. The van der Waals surface area contributed by atoms with Gasteiger partial charge in [0, 0.05) is 6.04 Å². The first kappa shape index (κ1) is 10.5. The molecule has 4 nitrogen and oxygen atoms in total. The lowest BCUT2D eigenvalue weighted by Gasteiger charge is -2.39. The van der Waals surface area contributed by atoms with Crippen LogP contribution >= 0.6 is 0 Å². The highest BCUT2D eigenvalue weighted by molar-refractivity contribution is 5.92. The molecule has 1 heterocycles. The van der Waals surface area contributed by atoms with Gasteiger partial charge in [-0.25, -0.2) is 0 Å². The molecule has 1 atom stereocenters. The average Bonchev–Trinajstić information content (AvgIpc) is 2.50. The molecule has 2 fully saturated rings. The molecule has 0 aromatic heterocycles. The van der Waals surface area contributed by atoms with Crippen molar-refractivity contribution in [3.63, 3.8) is 0 Å². The Hall–Kier alpha value is -1.06. The maximum Gasteiger partial charge on any atom is 0.242 e. The van der Waals surface area contributed by atoms with Gasteiger partial charge in [0.1, 0.15) is 0 Å². The molecule has 2 aliphatic rings. The summed E-state index contributed by atoms with van der Waals surface area (Å²) in [6.45, 7) is 4.78. The van der Waals surface area contributed by atoms with Crippen LogP contribution in [0.25, 0.3) is 0 Å². The first-order valence-corrected chi connectivity index (χ1v) is 5.57. The first-order valence-electron chi connectivity index (χ1n) is 5.57. The Morgan fingerprint density at radius 1 is 1.40 bits per heavy atom. The van der Waals surface area contributed by atoms with Crippen molar-refractivity contribution in [2.24, 2.45) is 5.41 Å². The lowest BCUT2D eigenvalue weighted by molar-refractivity contribution is -0.144. The van der Waals surface area contributed by atoms with E-state index in [4.69, 9.17) is 0 Å². The van der Waals surface area contributed by atoms with Crippen molar-refractivity contribution in [2.45, 2.75) is 39.2 Å². The highest BCUT2D eigenvalue weighted by Crippen LogP contribution is 2.40. The number of hydrogen-bond donors (Lipinski definition) is 1. The fourth-order valence-electron chi connectivity index (χ4n) is 2.74. The summed E-state index contributed by atoms with van der Waals surface area (Å²) in [6.07, 6.45) is 3.33. The van der Waals surface area contributed by atoms with E-state index in [0.29, 0.717) is 0 Å². The molecule has 1 unspecified atom stereocenters. The molecule has 2 amide bonds. The molecular weight excluding hydrogens is 192 g/mol. The number of carbonyl (C=O) groups is 2. The van der Waals surface area contributed by atoms with Crippen LogP contribution in [0.3, 0.4) is 0 Å². The molecule has 0 aromatic carbocycles. The lowest BCUT2D eigenvalue weighted by atomic mass is 9.86. The fraction of sp³-hybridized carbons (Fsp3) is 0.818. The zero-order valence-electron chi connectivity index (χ0n) is 9.38. The van der Waals surface area contributed by atoms with Crippen molar-refractivity contribution in [1.82, 2.24) is 10.2 Å². The Labute approximate surface area is 90.0 Å². The second kappa shape index (κ2) is 3.51. The van der Waals surface area contributed by atoms with Crippen molar-refractivity contribution in [2.75, 3.05) is 13.1 Å². The van der Waals surface area contributed by atoms with Gasteiger partial charge in [0.25, 0.3) is 0 Å². The third-order valence-electron chi connectivity index (χ3n) is 3.65. The summed E-state index contributed by atoms with van der Waals surface area (Å²) in [5.41, 5.74) is 0.160. The van der Waals surface area contributed by atoms with Crippen molar-refractivity contribution in [3.8, 4) is 0 Å². The van der Waals surface area contributed by atoms with Crippen LogP contribution in [0.1, 0.15) is 33.1 Å². The van der Waals surface area contributed by atoms with Gasteiger partial charge in [-0.2, -0.15) is 0 Å². The Morgan fingerprint density at radius 2 is 2.13 bits per heavy atom. The number of nitrogens with one attached hydrogen (secondary N) is 1. The molecule has 0 spiro atoms. The molecule has 84 valence electrons. The Balaban J connectivity index is 2.14. The number of nitrogens with zero attached hydrogens (tertiary/aromatic N) is 1. The quantitative estimate of drug-likeness (QED) is 0.686. The highest BCUT2D eigenvalue weighted by Gasteiger charge is 2.41. The molecule has 0 bridgehead atoms. The topological polar surface area (TPSA) is 49.4 Å². The van der Waals surface area contributed by atoms with Gasteiger partial charge in [0.15, 0.2) is 0 Å². The Morgan fingerprint density at radius 3 is 2.73 bits per heavy atom. The molecule has 1 saturated heterocycles. The minimum Gasteiger partial charge on any atom is -0.345 e. The maximum absolute atomic E-state index is 11.7. The minimum absolute atomic E-state index is 0.0303. The Kier molecular flexibility index (Phi) is 2.44.